The standard InChI is InChI=1S/C20H14ClFN4O/c1-12(27)25-15-4-2-3-13(7-15)18-11-26-19(9-24-20(26)10-23-18)14-5-6-17(22)16(21)8-14/h2-11H,1H3,(H,25,27). The first-order valence-corrected chi connectivity index (χ1v) is 8.55. The van der Waals surface area contributed by atoms with E-state index in [4.69, 9.17) is 11.6 Å². The molecule has 134 valence electrons. The van der Waals surface area contributed by atoms with Crippen molar-refractivity contribution in [3.63, 3.8) is 0 Å². The highest BCUT2D eigenvalue weighted by atomic mass is 35.5. The SMILES string of the molecule is CC(=O)Nc1cccc(-c2cn3c(-c4ccc(F)c(Cl)c4)cnc3cn2)c1. The van der Waals surface area contributed by atoms with E-state index in [2.05, 4.69) is 15.3 Å². The Bertz CT molecular complexity index is 1170. The fourth-order valence-electron chi connectivity index (χ4n) is 2.87. The minimum Gasteiger partial charge on any atom is -0.326 e. The van der Waals surface area contributed by atoms with Gasteiger partial charge in [0.1, 0.15) is 5.82 Å². The molecule has 2 aromatic carbocycles. The summed E-state index contributed by atoms with van der Waals surface area (Å²) in [6.07, 6.45) is 5.20. The third kappa shape index (κ3) is 3.39. The van der Waals surface area contributed by atoms with Crippen LogP contribution in [0.15, 0.2) is 61.1 Å². The van der Waals surface area contributed by atoms with Crippen molar-refractivity contribution < 1.29 is 9.18 Å². The molecule has 2 heterocycles. The molecule has 0 radical (unpaired) electrons. The fourth-order valence-corrected chi connectivity index (χ4v) is 3.05. The second kappa shape index (κ2) is 6.81. The molecule has 0 spiro atoms. The summed E-state index contributed by atoms with van der Waals surface area (Å²) in [4.78, 5) is 20.1. The van der Waals surface area contributed by atoms with Gasteiger partial charge in [-0.25, -0.2) is 9.37 Å². The highest BCUT2D eigenvalue weighted by Crippen LogP contribution is 2.27. The van der Waals surface area contributed by atoms with Crippen molar-refractivity contribution in [2.75, 3.05) is 5.32 Å². The zero-order chi connectivity index (χ0) is 19.0. The Morgan fingerprint density at radius 3 is 2.74 bits per heavy atom. The number of hydrogen-bond donors (Lipinski definition) is 1. The zero-order valence-corrected chi connectivity index (χ0v) is 15.0. The smallest absolute Gasteiger partial charge is 0.221 e. The highest BCUT2D eigenvalue weighted by molar-refractivity contribution is 6.31. The topological polar surface area (TPSA) is 59.3 Å². The van der Waals surface area contributed by atoms with Crippen molar-refractivity contribution in [3.05, 3.63) is 71.9 Å². The molecule has 0 aliphatic carbocycles. The van der Waals surface area contributed by atoms with E-state index in [1.165, 1.54) is 13.0 Å². The molecule has 0 unspecified atom stereocenters. The molecule has 4 rings (SSSR count). The molecule has 2 aromatic heterocycles. The second-order valence-electron chi connectivity index (χ2n) is 6.04. The predicted octanol–water partition coefficient (Wildman–Crippen LogP) is 4.81. The molecule has 1 amide bonds. The van der Waals surface area contributed by atoms with Crippen molar-refractivity contribution in [1.29, 1.82) is 0 Å². The fraction of sp³-hybridized carbons (Fsp3) is 0.0500. The van der Waals surface area contributed by atoms with Crippen LogP contribution in [0.3, 0.4) is 0 Å². The lowest BCUT2D eigenvalue weighted by Crippen LogP contribution is -2.05. The number of nitrogens with one attached hydrogen (secondary N) is 1. The van der Waals surface area contributed by atoms with Crippen LogP contribution in [0.5, 0.6) is 0 Å². The van der Waals surface area contributed by atoms with Crippen LogP contribution in [-0.4, -0.2) is 20.3 Å². The number of carbonyl (C=O) groups excluding carboxylic acids is 1. The van der Waals surface area contributed by atoms with Gasteiger partial charge in [-0.2, -0.15) is 0 Å². The molecule has 27 heavy (non-hydrogen) atoms. The van der Waals surface area contributed by atoms with Gasteiger partial charge in [0.2, 0.25) is 5.91 Å². The number of benzene rings is 2. The Morgan fingerprint density at radius 2 is 1.96 bits per heavy atom. The van der Waals surface area contributed by atoms with E-state index < -0.39 is 5.82 Å². The van der Waals surface area contributed by atoms with Gasteiger partial charge in [-0.15, -0.1) is 0 Å². The molecular formula is C20H14ClFN4O. The van der Waals surface area contributed by atoms with Crippen LogP contribution in [0.1, 0.15) is 6.92 Å². The van der Waals surface area contributed by atoms with Gasteiger partial charge in [0.15, 0.2) is 5.65 Å². The van der Waals surface area contributed by atoms with E-state index >= 15 is 0 Å². The minimum atomic E-state index is -0.466. The Morgan fingerprint density at radius 1 is 1.11 bits per heavy atom. The molecule has 7 heteroatoms. The zero-order valence-electron chi connectivity index (χ0n) is 14.3. The Balaban J connectivity index is 1.80. The van der Waals surface area contributed by atoms with E-state index in [1.807, 2.05) is 34.9 Å². The summed E-state index contributed by atoms with van der Waals surface area (Å²) in [5.74, 6) is -0.605. The predicted molar refractivity (Wildman–Crippen MR) is 103 cm³/mol. The maximum absolute atomic E-state index is 13.5. The van der Waals surface area contributed by atoms with Crippen LogP contribution in [0.4, 0.5) is 10.1 Å². The molecule has 0 saturated heterocycles. The summed E-state index contributed by atoms with van der Waals surface area (Å²) in [6.45, 7) is 1.46. The summed E-state index contributed by atoms with van der Waals surface area (Å²) in [6, 6.07) is 12.0. The second-order valence-corrected chi connectivity index (χ2v) is 6.44. The van der Waals surface area contributed by atoms with E-state index in [-0.39, 0.29) is 10.9 Å². The first kappa shape index (κ1) is 17.2. The monoisotopic (exact) mass is 380 g/mol. The number of fused-ring (bicyclic) bond motifs is 1. The molecule has 4 aromatic rings. The van der Waals surface area contributed by atoms with Crippen LogP contribution in [0.2, 0.25) is 5.02 Å². The van der Waals surface area contributed by atoms with Gasteiger partial charge < -0.3 is 5.32 Å². The third-order valence-electron chi connectivity index (χ3n) is 4.09. The molecule has 1 N–H and O–H groups in total. The van der Waals surface area contributed by atoms with Gasteiger partial charge in [0, 0.05) is 29.9 Å². The van der Waals surface area contributed by atoms with E-state index in [0.717, 1.165) is 16.8 Å². The number of hydrogen-bond acceptors (Lipinski definition) is 3. The number of aromatic nitrogens is 3. The number of nitrogens with zero attached hydrogens (tertiary/aromatic N) is 3. The Labute approximate surface area is 159 Å². The maximum Gasteiger partial charge on any atom is 0.221 e. The van der Waals surface area contributed by atoms with Crippen LogP contribution >= 0.6 is 11.6 Å². The van der Waals surface area contributed by atoms with Crippen LogP contribution in [0.25, 0.3) is 28.2 Å². The van der Waals surface area contributed by atoms with E-state index in [1.54, 1.807) is 24.5 Å². The van der Waals surface area contributed by atoms with Gasteiger partial charge in [0.25, 0.3) is 0 Å². The lowest BCUT2D eigenvalue weighted by atomic mass is 10.1. The van der Waals surface area contributed by atoms with Gasteiger partial charge in [-0.05, 0) is 30.3 Å². The average Bonchev–Trinajstić information content (AvgIpc) is 3.07. The molecule has 5 nitrogen and oxygen atoms in total. The first-order valence-electron chi connectivity index (χ1n) is 8.18. The minimum absolute atomic E-state index is 0.0553. The summed E-state index contributed by atoms with van der Waals surface area (Å²) in [5.41, 5.74) is 4.43. The first-order chi connectivity index (χ1) is 13.0. The number of imidazole rings is 1. The molecule has 0 fully saturated rings. The van der Waals surface area contributed by atoms with Gasteiger partial charge in [-0.3, -0.25) is 14.2 Å². The van der Waals surface area contributed by atoms with Crippen molar-refractivity contribution in [3.8, 4) is 22.5 Å². The molecule has 0 atom stereocenters. The van der Waals surface area contributed by atoms with E-state index in [9.17, 15) is 9.18 Å². The van der Waals surface area contributed by atoms with E-state index in [0.29, 0.717) is 17.0 Å². The summed E-state index contributed by atoms with van der Waals surface area (Å²) in [5, 5.41) is 2.82. The summed E-state index contributed by atoms with van der Waals surface area (Å²) in [7, 11) is 0. The van der Waals surface area contributed by atoms with Gasteiger partial charge in [-0.1, -0.05) is 23.7 Å². The Hall–Kier alpha value is -3.25. The van der Waals surface area contributed by atoms with Crippen molar-refractivity contribution >= 4 is 28.8 Å². The number of rotatable bonds is 3. The van der Waals surface area contributed by atoms with Gasteiger partial charge in [0.05, 0.1) is 28.8 Å². The van der Waals surface area contributed by atoms with Crippen molar-refractivity contribution in [2.45, 2.75) is 6.92 Å². The van der Waals surface area contributed by atoms with Gasteiger partial charge >= 0.3 is 0 Å². The number of amides is 1. The molecule has 0 aliphatic rings. The average molecular weight is 381 g/mol. The largest absolute Gasteiger partial charge is 0.326 e. The number of carbonyl (C=O) groups is 1. The van der Waals surface area contributed by atoms with Crippen molar-refractivity contribution in [2.24, 2.45) is 0 Å². The molecule has 0 saturated carbocycles. The number of halogens is 2. The lowest BCUT2D eigenvalue weighted by Gasteiger charge is -2.08. The van der Waals surface area contributed by atoms with Crippen molar-refractivity contribution in [1.82, 2.24) is 14.4 Å². The summed E-state index contributed by atoms with van der Waals surface area (Å²) < 4.78 is 15.3. The van der Waals surface area contributed by atoms with Crippen LogP contribution in [-0.2, 0) is 4.79 Å². The van der Waals surface area contributed by atoms with Crippen LogP contribution in [0, 0.1) is 5.82 Å². The molecular weight excluding hydrogens is 367 g/mol. The normalized spacial score (nSPS) is 10.9. The molecule has 0 aliphatic heterocycles. The lowest BCUT2D eigenvalue weighted by molar-refractivity contribution is -0.114. The van der Waals surface area contributed by atoms with Crippen LogP contribution < -0.4 is 5.32 Å². The highest BCUT2D eigenvalue weighted by Gasteiger charge is 2.11. The summed E-state index contributed by atoms with van der Waals surface area (Å²) >= 11 is 5.92. The molecule has 0 bridgehead atoms. The third-order valence-corrected chi connectivity index (χ3v) is 4.38. The Kier molecular flexibility index (Phi) is 4.33. The maximum atomic E-state index is 13.5. The quantitative estimate of drug-likeness (QED) is 0.554. The number of anilines is 1.